The van der Waals surface area contributed by atoms with Crippen LogP contribution in [0.5, 0.6) is 5.75 Å². The number of nitrogens with zero attached hydrogens (tertiary/aromatic N) is 1. The molecule has 0 aliphatic carbocycles. The van der Waals surface area contributed by atoms with Crippen LogP contribution in [0.15, 0.2) is 47.4 Å². The van der Waals surface area contributed by atoms with Gasteiger partial charge in [-0.2, -0.15) is 5.06 Å². The van der Waals surface area contributed by atoms with Crippen LogP contribution in [0.2, 0.25) is 0 Å². The fourth-order valence-corrected chi connectivity index (χ4v) is 6.27. The second kappa shape index (κ2) is 11.2. The molecule has 0 bridgehead atoms. The number of methoxy groups -OCH3 is 1. The zero-order chi connectivity index (χ0) is 24.0. The van der Waals surface area contributed by atoms with Crippen molar-refractivity contribution in [2.75, 3.05) is 19.4 Å². The van der Waals surface area contributed by atoms with Gasteiger partial charge in [-0.3, -0.25) is 14.3 Å². The highest BCUT2D eigenvalue weighted by Crippen LogP contribution is 2.39. The molecule has 8 heteroatoms. The third kappa shape index (κ3) is 6.00. The summed E-state index contributed by atoms with van der Waals surface area (Å²) in [6.07, 6.45) is 3.88. The first-order chi connectivity index (χ1) is 15.8. The Kier molecular flexibility index (Phi) is 8.64. The normalized spacial score (nSPS) is 22.6. The fourth-order valence-electron chi connectivity index (χ4n) is 4.47. The average Bonchev–Trinajstić information content (AvgIpc) is 2.92. The molecule has 3 atom stereocenters. The minimum absolute atomic E-state index is 0.0435. The van der Waals surface area contributed by atoms with Crippen LogP contribution < -0.4 is 10.1 Å². The largest absolute Gasteiger partial charge is 0.496 e. The number of carbonyl (C=O) groups is 1. The van der Waals surface area contributed by atoms with Crippen LogP contribution in [-0.4, -0.2) is 50.5 Å². The minimum atomic E-state index is -1.28. The first-order valence-electron chi connectivity index (χ1n) is 11.4. The third-order valence-corrected chi connectivity index (χ3v) is 7.98. The van der Waals surface area contributed by atoms with Gasteiger partial charge in [-0.1, -0.05) is 57.0 Å². The van der Waals surface area contributed by atoms with E-state index in [9.17, 15) is 14.2 Å². The summed E-state index contributed by atoms with van der Waals surface area (Å²) in [5.41, 5.74) is 2.28. The first kappa shape index (κ1) is 25.4. The number of aliphatic carboxylic acids is 1. The van der Waals surface area contributed by atoms with E-state index in [1.165, 1.54) is 0 Å². The Morgan fingerprint density at radius 3 is 2.61 bits per heavy atom. The standard InChI is InChI=1S/C25H34N2O5S/c1-4-6-12-25(5-2)17-33(31)22-13-19(15-27(30)16-23(28)29)21(32-3)14-20(22)24(26-25)18-10-8-7-9-11-18/h7-11,13-14,24,26,30H,4-6,12,15-17H2,1-3H3,(H,28,29)/t24-,25-,33?/m1/s1. The van der Waals surface area contributed by atoms with E-state index >= 15 is 0 Å². The van der Waals surface area contributed by atoms with E-state index in [-0.39, 0.29) is 18.1 Å². The molecule has 0 saturated carbocycles. The molecule has 0 radical (unpaired) electrons. The molecule has 1 unspecified atom stereocenters. The molecule has 0 amide bonds. The minimum Gasteiger partial charge on any atom is -0.496 e. The molecule has 0 aromatic heterocycles. The van der Waals surface area contributed by atoms with Gasteiger partial charge in [0.25, 0.3) is 0 Å². The van der Waals surface area contributed by atoms with Crippen molar-refractivity contribution in [3.63, 3.8) is 0 Å². The van der Waals surface area contributed by atoms with Crippen LogP contribution >= 0.6 is 0 Å². The molecule has 1 aliphatic rings. The van der Waals surface area contributed by atoms with Crippen molar-refractivity contribution in [3.8, 4) is 5.75 Å². The Morgan fingerprint density at radius 1 is 1.27 bits per heavy atom. The number of carboxylic acids is 1. The molecular weight excluding hydrogens is 440 g/mol. The van der Waals surface area contributed by atoms with E-state index < -0.39 is 23.3 Å². The van der Waals surface area contributed by atoms with E-state index in [0.717, 1.165) is 41.9 Å². The number of rotatable bonds is 10. The Balaban J connectivity index is 2.13. The Morgan fingerprint density at radius 2 is 2.00 bits per heavy atom. The molecule has 3 N–H and O–H groups in total. The van der Waals surface area contributed by atoms with Crippen LogP contribution in [0, 0.1) is 0 Å². The zero-order valence-corrected chi connectivity index (χ0v) is 20.4. The summed E-state index contributed by atoms with van der Waals surface area (Å²) >= 11 is 0. The lowest BCUT2D eigenvalue weighted by atomic mass is 9.88. The highest BCUT2D eigenvalue weighted by Gasteiger charge is 2.38. The first-order valence-corrected chi connectivity index (χ1v) is 12.7. The molecule has 0 spiro atoms. The molecule has 0 saturated heterocycles. The van der Waals surface area contributed by atoms with Gasteiger partial charge < -0.3 is 15.1 Å². The van der Waals surface area contributed by atoms with Crippen molar-refractivity contribution < 1.29 is 24.1 Å². The van der Waals surface area contributed by atoms with Crippen LogP contribution in [0.3, 0.4) is 0 Å². The van der Waals surface area contributed by atoms with Gasteiger partial charge in [0.2, 0.25) is 0 Å². The van der Waals surface area contributed by atoms with Gasteiger partial charge in [0, 0.05) is 21.8 Å². The monoisotopic (exact) mass is 474 g/mol. The quantitative estimate of drug-likeness (QED) is 0.446. The molecule has 0 fully saturated rings. The maximum Gasteiger partial charge on any atom is 0.320 e. The van der Waals surface area contributed by atoms with Crippen molar-refractivity contribution in [2.45, 2.75) is 62.6 Å². The van der Waals surface area contributed by atoms with Crippen LogP contribution in [0.1, 0.15) is 62.3 Å². The number of carboxylic acid groups (broad SMARTS) is 1. The van der Waals surface area contributed by atoms with Crippen molar-refractivity contribution in [1.29, 1.82) is 0 Å². The lowest BCUT2D eigenvalue weighted by Crippen LogP contribution is -2.49. The number of ether oxygens (including phenoxy) is 1. The number of nitrogens with one attached hydrogen (secondary N) is 1. The molecule has 3 rings (SSSR count). The second-order valence-corrected chi connectivity index (χ2v) is 10.1. The second-order valence-electron chi connectivity index (χ2n) is 8.63. The molecule has 180 valence electrons. The predicted octanol–water partition coefficient (Wildman–Crippen LogP) is 4.11. The Hall–Kier alpha value is -2.26. The van der Waals surface area contributed by atoms with E-state index in [2.05, 4.69) is 31.3 Å². The van der Waals surface area contributed by atoms with E-state index in [4.69, 9.17) is 9.84 Å². The number of hydrogen-bond acceptors (Lipinski definition) is 6. The number of fused-ring (bicyclic) bond motifs is 1. The van der Waals surface area contributed by atoms with Crippen LogP contribution in [0.25, 0.3) is 0 Å². The third-order valence-electron chi connectivity index (χ3n) is 6.32. The van der Waals surface area contributed by atoms with Gasteiger partial charge >= 0.3 is 5.97 Å². The fraction of sp³-hybridized carbons (Fsp3) is 0.480. The van der Waals surface area contributed by atoms with Crippen molar-refractivity contribution in [1.82, 2.24) is 10.4 Å². The smallest absolute Gasteiger partial charge is 0.320 e. The van der Waals surface area contributed by atoms with Crippen molar-refractivity contribution >= 4 is 16.8 Å². The highest BCUT2D eigenvalue weighted by atomic mass is 32.2. The lowest BCUT2D eigenvalue weighted by molar-refractivity contribution is -0.155. The van der Waals surface area contributed by atoms with Gasteiger partial charge in [0.1, 0.15) is 12.3 Å². The van der Waals surface area contributed by atoms with Gasteiger partial charge in [-0.05, 0) is 36.1 Å². The molecule has 2 aromatic rings. The maximum absolute atomic E-state index is 13.7. The summed E-state index contributed by atoms with van der Waals surface area (Å²) in [5.74, 6) is -0.119. The summed E-state index contributed by atoms with van der Waals surface area (Å²) < 4.78 is 19.3. The Labute approximate surface area is 198 Å². The van der Waals surface area contributed by atoms with Crippen LogP contribution in [0.4, 0.5) is 0 Å². The van der Waals surface area contributed by atoms with E-state index in [0.29, 0.717) is 22.0 Å². The van der Waals surface area contributed by atoms with Crippen molar-refractivity contribution in [3.05, 3.63) is 59.2 Å². The molecular formula is C25H34N2O5S. The average molecular weight is 475 g/mol. The summed E-state index contributed by atoms with van der Waals surface area (Å²) in [5, 5.41) is 23.6. The molecule has 1 heterocycles. The van der Waals surface area contributed by atoms with E-state index in [1.54, 1.807) is 13.2 Å². The van der Waals surface area contributed by atoms with Crippen LogP contribution in [-0.2, 0) is 22.1 Å². The number of hydroxylamine groups is 2. The zero-order valence-electron chi connectivity index (χ0n) is 19.5. The summed E-state index contributed by atoms with van der Waals surface area (Å²) in [4.78, 5) is 11.7. The SMILES string of the molecule is CCCC[C@]1(CC)CS(=O)c2cc(CN(O)CC(=O)O)c(OC)cc2[C@@H](c2ccccc2)N1. The number of hydrogen-bond donors (Lipinski definition) is 3. The number of unbranched alkanes of at least 4 members (excludes halogenated alkanes) is 1. The van der Waals surface area contributed by atoms with E-state index in [1.807, 2.05) is 24.3 Å². The van der Waals surface area contributed by atoms with Crippen molar-refractivity contribution in [2.24, 2.45) is 0 Å². The topological polar surface area (TPSA) is 99.1 Å². The Bertz CT molecular complexity index is 984. The molecule has 33 heavy (non-hydrogen) atoms. The van der Waals surface area contributed by atoms with Gasteiger partial charge in [0.05, 0.1) is 30.5 Å². The highest BCUT2D eigenvalue weighted by molar-refractivity contribution is 7.85. The molecule has 2 aromatic carbocycles. The number of benzene rings is 2. The summed E-state index contributed by atoms with van der Waals surface area (Å²) in [6, 6.07) is 13.6. The van der Waals surface area contributed by atoms with Gasteiger partial charge in [-0.25, -0.2) is 0 Å². The predicted molar refractivity (Wildman–Crippen MR) is 128 cm³/mol. The van der Waals surface area contributed by atoms with Gasteiger partial charge in [-0.15, -0.1) is 0 Å². The lowest BCUT2D eigenvalue weighted by Gasteiger charge is -2.36. The summed E-state index contributed by atoms with van der Waals surface area (Å²) in [6.45, 7) is 3.74. The van der Waals surface area contributed by atoms with Gasteiger partial charge in [0.15, 0.2) is 0 Å². The molecule has 1 aliphatic heterocycles. The molecule has 7 nitrogen and oxygen atoms in total. The summed E-state index contributed by atoms with van der Waals surface area (Å²) in [7, 11) is 0.262. The maximum atomic E-state index is 13.7.